The normalized spacial score (nSPS) is 10.5. The lowest BCUT2D eigenvalue weighted by molar-refractivity contribution is 0.101. The number of hydrogen-bond acceptors (Lipinski definition) is 1. The number of carbonyl (C=O) groups is 1. The molecular weight excluding hydrogens is 186 g/mol. The summed E-state index contributed by atoms with van der Waals surface area (Å²) in [7, 11) is 0. The van der Waals surface area contributed by atoms with Crippen LogP contribution < -0.4 is 0 Å². The Bertz CT molecular complexity index is 301. The maximum atomic E-state index is 11.2. The smallest absolute Gasteiger partial charge is 0.176 e. The second-order valence-corrected chi connectivity index (χ2v) is 4.10. The summed E-state index contributed by atoms with van der Waals surface area (Å²) in [6, 6.07) is 2.02. The van der Waals surface area contributed by atoms with Gasteiger partial charge in [0.25, 0.3) is 0 Å². The number of aromatic nitrogens is 1. The van der Waals surface area contributed by atoms with E-state index in [0.717, 1.165) is 12.1 Å². The number of ketones is 1. The molecule has 2 heteroatoms. The molecule has 1 N–H and O–H groups in total. The van der Waals surface area contributed by atoms with Crippen LogP contribution in [0.3, 0.4) is 0 Å². The molecule has 15 heavy (non-hydrogen) atoms. The van der Waals surface area contributed by atoms with Gasteiger partial charge in [-0.05, 0) is 24.5 Å². The molecule has 0 aliphatic heterocycles. The molecule has 0 unspecified atom stereocenters. The summed E-state index contributed by atoms with van der Waals surface area (Å²) in [4.78, 5) is 14.2. The highest BCUT2D eigenvalue weighted by Crippen LogP contribution is 2.13. The number of unbranched alkanes of at least 4 members (excludes halogenated alkanes) is 4. The summed E-state index contributed by atoms with van der Waals surface area (Å²) in [5.74, 6) is 0.142. The summed E-state index contributed by atoms with van der Waals surface area (Å²) in [5, 5.41) is 0. The van der Waals surface area contributed by atoms with Crippen molar-refractivity contribution in [2.45, 2.75) is 52.4 Å². The molecule has 84 valence electrons. The predicted molar refractivity (Wildman–Crippen MR) is 63.3 cm³/mol. The highest BCUT2D eigenvalue weighted by molar-refractivity contribution is 5.93. The molecular formula is C13H21NO. The van der Waals surface area contributed by atoms with Crippen molar-refractivity contribution in [2.75, 3.05) is 0 Å². The fourth-order valence-corrected chi connectivity index (χ4v) is 1.86. The van der Waals surface area contributed by atoms with Crippen molar-refractivity contribution in [1.29, 1.82) is 0 Å². The molecule has 1 aromatic rings. The zero-order valence-electron chi connectivity index (χ0n) is 9.81. The van der Waals surface area contributed by atoms with Gasteiger partial charge in [-0.2, -0.15) is 0 Å². The van der Waals surface area contributed by atoms with Gasteiger partial charge < -0.3 is 4.98 Å². The minimum Gasteiger partial charge on any atom is -0.359 e. The zero-order chi connectivity index (χ0) is 11.1. The lowest BCUT2D eigenvalue weighted by Crippen LogP contribution is -1.97. The number of nitrogens with one attached hydrogen (secondary N) is 1. The van der Waals surface area contributed by atoms with Crippen LogP contribution in [-0.2, 0) is 6.42 Å². The van der Waals surface area contributed by atoms with Gasteiger partial charge >= 0.3 is 0 Å². The first-order chi connectivity index (χ1) is 7.25. The average Bonchev–Trinajstić information content (AvgIpc) is 2.66. The van der Waals surface area contributed by atoms with Gasteiger partial charge in [0.1, 0.15) is 0 Å². The Balaban J connectivity index is 2.31. The molecule has 0 fully saturated rings. The average molecular weight is 207 g/mol. The number of aryl methyl sites for hydroxylation is 1. The van der Waals surface area contributed by atoms with Gasteiger partial charge in [-0.25, -0.2) is 0 Å². The standard InChI is InChI=1S/C13H21NO/c1-3-4-5-6-7-8-12-9-10-14-13(12)11(2)15/h9-10,14H,3-8H2,1-2H3. The Hall–Kier alpha value is -1.05. The van der Waals surface area contributed by atoms with Crippen molar-refractivity contribution in [2.24, 2.45) is 0 Å². The molecule has 1 rings (SSSR count). The van der Waals surface area contributed by atoms with E-state index in [0.29, 0.717) is 0 Å². The van der Waals surface area contributed by atoms with E-state index in [-0.39, 0.29) is 5.78 Å². The van der Waals surface area contributed by atoms with E-state index in [1.807, 2.05) is 12.3 Å². The molecule has 0 spiro atoms. The van der Waals surface area contributed by atoms with Gasteiger partial charge in [-0.15, -0.1) is 0 Å². The fraction of sp³-hybridized carbons (Fsp3) is 0.615. The van der Waals surface area contributed by atoms with Crippen molar-refractivity contribution in [1.82, 2.24) is 4.98 Å². The minimum absolute atomic E-state index is 0.142. The second-order valence-electron chi connectivity index (χ2n) is 4.10. The number of H-pyrrole nitrogens is 1. The van der Waals surface area contributed by atoms with Crippen molar-refractivity contribution >= 4 is 5.78 Å². The van der Waals surface area contributed by atoms with Gasteiger partial charge in [-0.1, -0.05) is 32.6 Å². The molecule has 0 aliphatic carbocycles. The number of aromatic amines is 1. The molecule has 0 aromatic carbocycles. The van der Waals surface area contributed by atoms with Gasteiger partial charge in [-0.3, -0.25) is 4.79 Å². The molecule has 0 amide bonds. The van der Waals surface area contributed by atoms with Crippen molar-refractivity contribution in [3.8, 4) is 0 Å². The number of rotatable bonds is 7. The zero-order valence-corrected chi connectivity index (χ0v) is 9.81. The first kappa shape index (κ1) is 12.0. The van der Waals surface area contributed by atoms with Crippen LogP contribution in [0.15, 0.2) is 12.3 Å². The largest absolute Gasteiger partial charge is 0.359 e. The first-order valence-corrected chi connectivity index (χ1v) is 5.93. The molecule has 0 saturated heterocycles. The van der Waals surface area contributed by atoms with E-state index in [2.05, 4.69) is 11.9 Å². The van der Waals surface area contributed by atoms with E-state index in [9.17, 15) is 4.79 Å². The van der Waals surface area contributed by atoms with Crippen molar-refractivity contribution in [3.63, 3.8) is 0 Å². The summed E-state index contributed by atoms with van der Waals surface area (Å²) < 4.78 is 0. The van der Waals surface area contributed by atoms with Crippen LogP contribution in [-0.4, -0.2) is 10.8 Å². The lowest BCUT2D eigenvalue weighted by Gasteiger charge is -2.01. The maximum absolute atomic E-state index is 11.2. The number of Topliss-reactive ketones (excluding diaryl/α,β-unsaturated/α-hetero) is 1. The molecule has 0 atom stereocenters. The van der Waals surface area contributed by atoms with Crippen LogP contribution in [0, 0.1) is 0 Å². The topological polar surface area (TPSA) is 32.9 Å². The molecule has 0 aliphatic rings. The van der Waals surface area contributed by atoms with Crippen LogP contribution in [0.2, 0.25) is 0 Å². The van der Waals surface area contributed by atoms with E-state index < -0.39 is 0 Å². The van der Waals surface area contributed by atoms with Crippen LogP contribution in [0.4, 0.5) is 0 Å². The predicted octanol–water partition coefficient (Wildman–Crippen LogP) is 3.73. The van der Waals surface area contributed by atoms with E-state index in [1.165, 1.54) is 37.7 Å². The third-order valence-corrected chi connectivity index (χ3v) is 2.74. The highest BCUT2D eigenvalue weighted by Gasteiger charge is 2.07. The van der Waals surface area contributed by atoms with Crippen molar-refractivity contribution < 1.29 is 4.79 Å². The maximum Gasteiger partial charge on any atom is 0.176 e. The quantitative estimate of drug-likeness (QED) is 0.536. The highest BCUT2D eigenvalue weighted by atomic mass is 16.1. The summed E-state index contributed by atoms with van der Waals surface area (Å²) in [6.45, 7) is 3.84. The summed E-state index contributed by atoms with van der Waals surface area (Å²) in [6.07, 6.45) is 9.28. The summed E-state index contributed by atoms with van der Waals surface area (Å²) >= 11 is 0. The third kappa shape index (κ3) is 3.90. The lowest BCUT2D eigenvalue weighted by atomic mass is 10.0. The van der Waals surface area contributed by atoms with E-state index in [1.54, 1.807) is 6.92 Å². The number of carbonyl (C=O) groups excluding carboxylic acids is 1. The Labute approximate surface area is 92.1 Å². The second kappa shape index (κ2) is 6.44. The summed E-state index contributed by atoms with van der Waals surface area (Å²) in [5.41, 5.74) is 1.98. The molecule has 0 radical (unpaired) electrons. The fourth-order valence-electron chi connectivity index (χ4n) is 1.86. The Kier molecular flexibility index (Phi) is 5.16. The Morgan fingerprint density at radius 1 is 1.27 bits per heavy atom. The van der Waals surface area contributed by atoms with Crippen LogP contribution in [0.5, 0.6) is 0 Å². The van der Waals surface area contributed by atoms with Gasteiger partial charge in [0.2, 0.25) is 0 Å². The molecule has 0 bridgehead atoms. The Morgan fingerprint density at radius 3 is 2.67 bits per heavy atom. The van der Waals surface area contributed by atoms with Gasteiger partial charge in [0.05, 0.1) is 5.69 Å². The van der Waals surface area contributed by atoms with Crippen LogP contribution in [0.25, 0.3) is 0 Å². The molecule has 0 saturated carbocycles. The minimum atomic E-state index is 0.142. The monoisotopic (exact) mass is 207 g/mol. The Morgan fingerprint density at radius 2 is 2.00 bits per heavy atom. The number of hydrogen-bond donors (Lipinski definition) is 1. The van der Waals surface area contributed by atoms with Gasteiger partial charge in [0, 0.05) is 13.1 Å². The van der Waals surface area contributed by atoms with Gasteiger partial charge in [0.15, 0.2) is 5.78 Å². The van der Waals surface area contributed by atoms with Crippen molar-refractivity contribution in [3.05, 3.63) is 23.5 Å². The molecule has 1 heterocycles. The van der Waals surface area contributed by atoms with Crippen LogP contribution >= 0.6 is 0 Å². The van der Waals surface area contributed by atoms with E-state index in [4.69, 9.17) is 0 Å². The SMILES string of the molecule is CCCCCCCc1cc[nH]c1C(C)=O. The molecule has 1 aromatic heterocycles. The molecule has 2 nitrogen and oxygen atoms in total. The van der Waals surface area contributed by atoms with Crippen LogP contribution in [0.1, 0.15) is 62.0 Å². The third-order valence-electron chi connectivity index (χ3n) is 2.74. The first-order valence-electron chi connectivity index (χ1n) is 5.93. The van der Waals surface area contributed by atoms with E-state index >= 15 is 0 Å².